The van der Waals surface area contributed by atoms with E-state index in [-0.39, 0.29) is 6.04 Å². The van der Waals surface area contributed by atoms with Crippen LogP contribution in [0.5, 0.6) is 0 Å². The highest BCUT2D eigenvalue weighted by Crippen LogP contribution is 2.28. The maximum atomic E-state index is 13.3. The second kappa shape index (κ2) is 4.08. The lowest BCUT2D eigenvalue weighted by Gasteiger charge is -2.24. The summed E-state index contributed by atoms with van der Waals surface area (Å²) in [5, 5.41) is 0. The number of carbonyl (C=O) groups excluding carboxylic acids is 1. The highest BCUT2D eigenvalue weighted by Gasteiger charge is 2.32. The molecule has 0 N–H and O–H groups in total. The van der Waals surface area contributed by atoms with Crippen LogP contribution in [0.1, 0.15) is 25.5 Å². The zero-order chi connectivity index (χ0) is 11.7. The summed E-state index contributed by atoms with van der Waals surface area (Å²) in [5.74, 6) is -1.09. The van der Waals surface area contributed by atoms with Gasteiger partial charge in [0.15, 0.2) is 5.83 Å². The summed E-state index contributed by atoms with van der Waals surface area (Å²) in [6.45, 7) is 3.96. The molecule has 0 saturated carbocycles. The van der Waals surface area contributed by atoms with Crippen molar-refractivity contribution >= 4 is 5.91 Å². The van der Waals surface area contributed by atoms with Crippen LogP contribution in [0.15, 0.2) is 41.7 Å². The van der Waals surface area contributed by atoms with Gasteiger partial charge in [-0.15, -0.1) is 0 Å². The third kappa shape index (κ3) is 1.73. The summed E-state index contributed by atoms with van der Waals surface area (Å²) >= 11 is 0. The van der Waals surface area contributed by atoms with Gasteiger partial charge >= 0.3 is 0 Å². The minimum atomic E-state index is -0.595. The first-order valence-corrected chi connectivity index (χ1v) is 5.32. The average molecular weight is 219 g/mol. The Hall–Kier alpha value is -1.64. The van der Waals surface area contributed by atoms with Gasteiger partial charge in [-0.1, -0.05) is 30.3 Å². The predicted octanol–water partition coefficient (Wildman–Crippen LogP) is 2.83. The molecule has 2 rings (SSSR count). The van der Waals surface area contributed by atoms with Crippen LogP contribution >= 0.6 is 0 Å². The third-order valence-electron chi connectivity index (χ3n) is 2.98. The van der Waals surface area contributed by atoms with E-state index in [1.54, 1.807) is 11.8 Å². The molecule has 0 bridgehead atoms. The van der Waals surface area contributed by atoms with Crippen LogP contribution in [0, 0.1) is 0 Å². The van der Waals surface area contributed by atoms with Crippen molar-refractivity contribution in [2.75, 3.05) is 6.54 Å². The molecule has 1 aliphatic heterocycles. The molecule has 1 heterocycles. The summed E-state index contributed by atoms with van der Waals surface area (Å²) in [7, 11) is 0. The maximum Gasteiger partial charge on any atom is 0.283 e. The monoisotopic (exact) mass is 219 g/mol. The molecule has 1 aromatic rings. The van der Waals surface area contributed by atoms with Crippen LogP contribution < -0.4 is 0 Å². The summed E-state index contributed by atoms with van der Waals surface area (Å²) in [6.07, 6.45) is 0. The van der Waals surface area contributed by atoms with Crippen molar-refractivity contribution in [1.82, 2.24) is 4.90 Å². The van der Waals surface area contributed by atoms with E-state index in [9.17, 15) is 9.18 Å². The number of halogens is 1. The highest BCUT2D eigenvalue weighted by atomic mass is 19.1. The normalized spacial score (nSPS) is 18.2. The molecular weight excluding hydrogens is 205 g/mol. The largest absolute Gasteiger partial charge is 0.326 e. The number of carbonyl (C=O) groups is 1. The fourth-order valence-corrected chi connectivity index (χ4v) is 1.93. The maximum absolute atomic E-state index is 13.3. The van der Waals surface area contributed by atoms with E-state index >= 15 is 0 Å². The lowest BCUT2D eigenvalue weighted by atomic mass is 10.1. The molecule has 2 nitrogen and oxygen atoms in total. The van der Waals surface area contributed by atoms with Gasteiger partial charge in [-0.25, -0.2) is 4.39 Å². The predicted molar refractivity (Wildman–Crippen MR) is 60.4 cm³/mol. The Labute approximate surface area is 94.4 Å². The summed E-state index contributed by atoms with van der Waals surface area (Å²) in [6, 6.07) is 9.57. The molecular formula is C13H14FNO. The Kier molecular flexibility index (Phi) is 2.77. The molecule has 0 fully saturated rings. The van der Waals surface area contributed by atoms with Gasteiger partial charge < -0.3 is 4.90 Å². The fourth-order valence-electron chi connectivity index (χ4n) is 1.93. The topological polar surface area (TPSA) is 20.3 Å². The Bertz CT molecular complexity index is 439. The van der Waals surface area contributed by atoms with E-state index < -0.39 is 11.7 Å². The first-order valence-electron chi connectivity index (χ1n) is 5.32. The minimum absolute atomic E-state index is 0.0862. The van der Waals surface area contributed by atoms with Gasteiger partial charge in [0.1, 0.15) is 0 Å². The molecule has 1 aromatic carbocycles. The molecule has 0 spiro atoms. The number of nitrogens with zero attached hydrogens (tertiary/aromatic N) is 1. The number of hydrogen-bond donors (Lipinski definition) is 0. The van der Waals surface area contributed by atoms with Gasteiger partial charge in [0.05, 0.1) is 6.04 Å². The van der Waals surface area contributed by atoms with E-state index in [1.807, 2.05) is 37.3 Å². The Morgan fingerprint density at radius 3 is 2.44 bits per heavy atom. The van der Waals surface area contributed by atoms with Crippen LogP contribution in [0.2, 0.25) is 0 Å². The number of amides is 1. The Morgan fingerprint density at radius 1 is 1.31 bits per heavy atom. The smallest absolute Gasteiger partial charge is 0.283 e. The first-order chi connectivity index (χ1) is 7.61. The van der Waals surface area contributed by atoms with Gasteiger partial charge in [0.25, 0.3) is 5.91 Å². The van der Waals surface area contributed by atoms with Gasteiger partial charge in [-0.2, -0.15) is 0 Å². The standard InChI is InChI=1S/C13H14FNO/c1-9-8-15(13(16)12(9)14)10(2)11-6-4-3-5-7-11/h3-7,10H,8H2,1-2H3/t10-/m0/s1. The van der Waals surface area contributed by atoms with Crippen LogP contribution in [-0.2, 0) is 4.79 Å². The lowest BCUT2D eigenvalue weighted by molar-refractivity contribution is -0.128. The number of rotatable bonds is 2. The third-order valence-corrected chi connectivity index (χ3v) is 2.98. The summed E-state index contributed by atoms with van der Waals surface area (Å²) < 4.78 is 13.3. The Balaban J connectivity index is 2.20. The van der Waals surface area contributed by atoms with E-state index in [4.69, 9.17) is 0 Å². The van der Waals surface area contributed by atoms with Gasteiger partial charge in [-0.05, 0) is 25.0 Å². The first kappa shape index (κ1) is 10.9. The molecule has 0 aromatic heterocycles. The van der Waals surface area contributed by atoms with Crippen molar-refractivity contribution in [1.29, 1.82) is 0 Å². The number of benzene rings is 1. The molecule has 0 aliphatic carbocycles. The highest BCUT2D eigenvalue weighted by molar-refractivity contribution is 5.95. The average Bonchev–Trinajstić information content (AvgIpc) is 2.57. The molecule has 0 unspecified atom stereocenters. The van der Waals surface area contributed by atoms with Crippen molar-refractivity contribution in [3.63, 3.8) is 0 Å². The zero-order valence-electron chi connectivity index (χ0n) is 9.40. The minimum Gasteiger partial charge on any atom is -0.326 e. The van der Waals surface area contributed by atoms with Crippen molar-refractivity contribution in [3.8, 4) is 0 Å². The van der Waals surface area contributed by atoms with E-state index in [0.29, 0.717) is 12.1 Å². The summed E-state index contributed by atoms with van der Waals surface area (Å²) in [5.41, 5.74) is 1.55. The molecule has 84 valence electrons. The number of hydrogen-bond acceptors (Lipinski definition) is 1. The quantitative estimate of drug-likeness (QED) is 0.749. The molecule has 3 heteroatoms. The second-order valence-electron chi connectivity index (χ2n) is 4.11. The molecule has 1 aliphatic rings. The molecule has 0 saturated heterocycles. The van der Waals surface area contributed by atoms with Gasteiger partial charge in [0, 0.05) is 6.54 Å². The van der Waals surface area contributed by atoms with Gasteiger partial charge in [-0.3, -0.25) is 4.79 Å². The van der Waals surface area contributed by atoms with E-state index in [0.717, 1.165) is 5.56 Å². The summed E-state index contributed by atoms with van der Waals surface area (Å²) in [4.78, 5) is 13.2. The zero-order valence-corrected chi connectivity index (χ0v) is 9.40. The molecule has 1 atom stereocenters. The van der Waals surface area contributed by atoms with Crippen molar-refractivity contribution in [2.45, 2.75) is 19.9 Å². The fraction of sp³-hybridized carbons (Fsp3) is 0.308. The van der Waals surface area contributed by atoms with Gasteiger partial charge in [0.2, 0.25) is 0 Å². The Morgan fingerprint density at radius 2 is 1.94 bits per heavy atom. The van der Waals surface area contributed by atoms with Crippen LogP contribution in [-0.4, -0.2) is 17.4 Å². The second-order valence-corrected chi connectivity index (χ2v) is 4.11. The van der Waals surface area contributed by atoms with E-state index in [2.05, 4.69) is 0 Å². The van der Waals surface area contributed by atoms with Crippen LogP contribution in [0.3, 0.4) is 0 Å². The van der Waals surface area contributed by atoms with Crippen molar-refractivity contribution in [3.05, 3.63) is 47.3 Å². The molecule has 0 radical (unpaired) electrons. The van der Waals surface area contributed by atoms with Crippen LogP contribution in [0.4, 0.5) is 4.39 Å². The SMILES string of the molecule is CC1=C(F)C(=O)N([C@@H](C)c2ccccc2)C1. The van der Waals surface area contributed by atoms with Crippen molar-refractivity contribution in [2.24, 2.45) is 0 Å². The lowest BCUT2D eigenvalue weighted by Crippen LogP contribution is -2.29. The van der Waals surface area contributed by atoms with E-state index in [1.165, 1.54) is 0 Å². The van der Waals surface area contributed by atoms with Crippen LogP contribution in [0.25, 0.3) is 0 Å². The molecule has 16 heavy (non-hydrogen) atoms. The van der Waals surface area contributed by atoms with Crippen molar-refractivity contribution < 1.29 is 9.18 Å². The molecule has 1 amide bonds.